The molecule has 33 heavy (non-hydrogen) atoms. The maximum Gasteiger partial charge on any atom is 0.493 e. The number of hydrogen-bond donors (Lipinski definition) is 1. The Morgan fingerprint density at radius 3 is 2.67 bits per heavy atom. The van der Waals surface area contributed by atoms with Gasteiger partial charge in [0.1, 0.15) is 5.82 Å². The Hall–Kier alpha value is -3.60. The molecule has 1 aromatic carbocycles. The van der Waals surface area contributed by atoms with Crippen molar-refractivity contribution in [1.82, 2.24) is 15.0 Å². The molecule has 0 unspecified atom stereocenters. The molecule has 2 aliphatic heterocycles. The van der Waals surface area contributed by atoms with Crippen LogP contribution in [0, 0.1) is 0 Å². The molecular formula is C22H19F3N4O4. The molecule has 0 spiro atoms. The number of alkyl halides is 3. The van der Waals surface area contributed by atoms with Crippen LogP contribution >= 0.6 is 0 Å². The zero-order valence-electron chi connectivity index (χ0n) is 17.3. The van der Waals surface area contributed by atoms with Crippen molar-refractivity contribution in [3.05, 3.63) is 47.7 Å². The highest BCUT2D eigenvalue weighted by Crippen LogP contribution is 2.33. The molecule has 1 fully saturated rings. The van der Waals surface area contributed by atoms with Gasteiger partial charge in [-0.15, -0.1) is 0 Å². The van der Waals surface area contributed by atoms with Crippen molar-refractivity contribution in [3.8, 4) is 11.3 Å². The highest BCUT2D eigenvalue weighted by Gasteiger charge is 2.43. The van der Waals surface area contributed by atoms with E-state index in [9.17, 15) is 22.8 Å². The Kier molecular flexibility index (Phi) is 5.20. The van der Waals surface area contributed by atoms with E-state index in [4.69, 9.17) is 14.6 Å². The first-order chi connectivity index (χ1) is 15.8. The van der Waals surface area contributed by atoms with Gasteiger partial charge in [-0.1, -0.05) is 18.2 Å². The fourth-order valence-electron chi connectivity index (χ4n) is 4.09. The third-order valence-corrected chi connectivity index (χ3v) is 5.67. The molecule has 8 nitrogen and oxygen atoms in total. The van der Waals surface area contributed by atoms with E-state index in [0.29, 0.717) is 43.2 Å². The summed E-state index contributed by atoms with van der Waals surface area (Å²) in [6.07, 6.45) is -4.98. The van der Waals surface area contributed by atoms with Gasteiger partial charge in [0.25, 0.3) is 5.91 Å². The minimum Gasteiger partial charge on any atom is -0.378 e. The highest BCUT2D eigenvalue weighted by atomic mass is 19.4. The first-order valence-corrected chi connectivity index (χ1v) is 10.4. The summed E-state index contributed by atoms with van der Waals surface area (Å²) in [5.74, 6) is -2.11. The summed E-state index contributed by atoms with van der Waals surface area (Å²) in [7, 11) is 0. The Bertz CT molecular complexity index is 1250. The van der Waals surface area contributed by atoms with Gasteiger partial charge in [-0.05, 0) is 18.2 Å². The van der Waals surface area contributed by atoms with Crippen LogP contribution in [0.3, 0.4) is 0 Å². The zero-order valence-corrected chi connectivity index (χ0v) is 17.3. The third-order valence-electron chi connectivity index (χ3n) is 5.67. The second kappa shape index (κ2) is 8.07. The van der Waals surface area contributed by atoms with Crippen molar-refractivity contribution in [2.45, 2.75) is 12.6 Å². The molecule has 5 rings (SSSR count). The molecular weight excluding hydrogens is 441 g/mol. The standard InChI is InChI=1S/C22H19F3N4O4/c23-22(24,25)21(31)33-29-16-6-7-26-20(30)15(16)12-17(29)14-3-1-2-13-4-5-18(27-19(13)14)28-8-10-32-11-9-28/h1-5,12H,6-11H2,(H,26,30). The fraction of sp³-hybridized carbons (Fsp3) is 0.318. The number of rotatable bonds is 3. The number of morpholine rings is 1. The lowest BCUT2D eigenvalue weighted by molar-refractivity contribution is -0.199. The molecule has 0 bridgehead atoms. The van der Waals surface area contributed by atoms with Crippen LogP contribution in [-0.4, -0.2) is 60.6 Å². The van der Waals surface area contributed by atoms with Crippen LogP contribution in [0.1, 0.15) is 16.1 Å². The molecule has 0 saturated carbocycles. The van der Waals surface area contributed by atoms with E-state index in [0.717, 1.165) is 10.1 Å². The van der Waals surface area contributed by atoms with Gasteiger partial charge in [-0.2, -0.15) is 17.9 Å². The average Bonchev–Trinajstić information content (AvgIpc) is 3.18. The average molecular weight is 460 g/mol. The maximum absolute atomic E-state index is 13.0. The SMILES string of the molecule is O=C1NCCc2c1cc(-c1cccc3ccc(N4CCOCC4)nc13)n2OC(=O)C(F)(F)F. The Morgan fingerprint density at radius 2 is 1.91 bits per heavy atom. The Balaban J connectivity index is 1.67. The molecule has 1 N–H and O–H groups in total. The number of pyridine rings is 1. The minimum atomic E-state index is -5.19. The van der Waals surface area contributed by atoms with Gasteiger partial charge in [-0.3, -0.25) is 4.79 Å². The number of ether oxygens (including phenoxy) is 1. The maximum atomic E-state index is 13.0. The first kappa shape index (κ1) is 21.3. The van der Waals surface area contributed by atoms with Crippen LogP contribution < -0.4 is 15.1 Å². The molecule has 3 aromatic rings. The molecule has 1 saturated heterocycles. The first-order valence-electron chi connectivity index (χ1n) is 10.4. The Labute approximate surface area is 185 Å². The van der Waals surface area contributed by atoms with E-state index in [1.807, 2.05) is 18.2 Å². The number of para-hydroxylation sites is 1. The second-order valence-electron chi connectivity index (χ2n) is 7.71. The number of hydrogen-bond acceptors (Lipinski definition) is 6. The van der Waals surface area contributed by atoms with Crippen LogP contribution in [0.5, 0.6) is 0 Å². The number of carbonyl (C=O) groups is 2. The largest absolute Gasteiger partial charge is 0.493 e. The molecule has 11 heteroatoms. The van der Waals surface area contributed by atoms with Crippen molar-refractivity contribution < 1.29 is 32.3 Å². The Morgan fingerprint density at radius 1 is 1.12 bits per heavy atom. The number of fused-ring (bicyclic) bond motifs is 2. The lowest BCUT2D eigenvalue weighted by Crippen LogP contribution is -2.37. The van der Waals surface area contributed by atoms with Gasteiger partial charge in [0.2, 0.25) is 0 Å². The number of aromatic nitrogens is 2. The van der Waals surface area contributed by atoms with Crippen molar-refractivity contribution in [2.24, 2.45) is 0 Å². The predicted octanol–water partition coefficient (Wildman–Crippen LogP) is 2.34. The molecule has 2 aliphatic rings. The smallest absolute Gasteiger partial charge is 0.378 e. The molecule has 172 valence electrons. The summed E-state index contributed by atoms with van der Waals surface area (Å²) in [5.41, 5.74) is 1.47. The molecule has 1 amide bonds. The summed E-state index contributed by atoms with van der Waals surface area (Å²) in [4.78, 5) is 35.7. The summed E-state index contributed by atoms with van der Waals surface area (Å²) in [6, 6.07) is 10.4. The lowest BCUT2D eigenvalue weighted by Gasteiger charge is -2.28. The van der Waals surface area contributed by atoms with E-state index < -0.39 is 18.1 Å². The number of amides is 1. The number of benzene rings is 1. The minimum absolute atomic E-state index is 0.145. The summed E-state index contributed by atoms with van der Waals surface area (Å²) >= 11 is 0. The van der Waals surface area contributed by atoms with Crippen LogP contribution in [-0.2, 0) is 16.0 Å². The van der Waals surface area contributed by atoms with Crippen molar-refractivity contribution in [3.63, 3.8) is 0 Å². The molecule has 0 aliphatic carbocycles. The third kappa shape index (κ3) is 3.88. The molecule has 4 heterocycles. The van der Waals surface area contributed by atoms with Gasteiger partial charge in [0, 0.05) is 37.0 Å². The second-order valence-corrected chi connectivity index (χ2v) is 7.71. The fourth-order valence-corrected chi connectivity index (χ4v) is 4.09. The van der Waals surface area contributed by atoms with Gasteiger partial charge in [0.15, 0.2) is 0 Å². The number of nitrogens with zero attached hydrogens (tertiary/aromatic N) is 3. The van der Waals surface area contributed by atoms with Crippen molar-refractivity contribution in [2.75, 3.05) is 37.7 Å². The molecule has 0 radical (unpaired) electrons. The molecule has 2 aromatic heterocycles. The topological polar surface area (TPSA) is 85.7 Å². The monoisotopic (exact) mass is 460 g/mol. The van der Waals surface area contributed by atoms with E-state index in [1.165, 1.54) is 6.07 Å². The van der Waals surface area contributed by atoms with Gasteiger partial charge < -0.3 is 19.8 Å². The van der Waals surface area contributed by atoms with Gasteiger partial charge >= 0.3 is 12.1 Å². The van der Waals surface area contributed by atoms with Crippen LogP contribution in [0.15, 0.2) is 36.4 Å². The number of halogens is 3. The molecule has 0 atom stereocenters. The van der Waals surface area contributed by atoms with Crippen molar-refractivity contribution >= 4 is 28.6 Å². The van der Waals surface area contributed by atoms with E-state index in [1.54, 1.807) is 12.1 Å². The normalized spacial score (nSPS) is 16.5. The highest BCUT2D eigenvalue weighted by molar-refractivity contribution is 6.00. The number of nitrogens with one attached hydrogen (secondary N) is 1. The van der Waals surface area contributed by atoms with Gasteiger partial charge in [-0.25, -0.2) is 9.78 Å². The lowest BCUT2D eigenvalue weighted by atomic mass is 10.1. The van der Waals surface area contributed by atoms with Crippen LogP contribution in [0.4, 0.5) is 19.0 Å². The quantitative estimate of drug-likeness (QED) is 0.646. The summed E-state index contributed by atoms with van der Waals surface area (Å²) in [5, 5.41) is 3.41. The van der Waals surface area contributed by atoms with Gasteiger partial charge in [0.05, 0.1) is 35.7 Å². The number of anilines is 1. The summed E-state index contributed by atoms with van der Waals surface area (Å²) in [6.45, 7) is 2.68. The van der Waals surface area contributed by atoms with Crippen LogP contribution in [0.25, 0.3) is 22.2 Å². The predicted molar refractivity (Wildman–Crippen MR) is 112 cm³/mol. The van der Waals surface area contributed by atoms with E-state index in [2.05, 4.69) is 10.2 Å². The zero-order chi connectivity index (χ0) is 23.2. The van der Waals surface area contributed by atoms with Crippen molar-refractivity contribution in [1.29, 1.82) is 0 Å². The van der Waals surface area contributed by atoms with Crippen LogP contribution in [0.2, 0.25) is 0 Å². The summed E-state index contributed by atoms with van der Waals surface area (Å²) < 4.78 is 45.2. The van der Waals surface area contributed by atoms with E-state index >= 15 is 0 Å². The number of carbonyl (C=O) groups excluding carboxylic acids is 2. The van der Waals surface area contributed by atoms with E-state index in [-0.39, 0.29) is 29.9 Å².